The van der Waals surface area contributed by atoms with E-state index in [0.717, 1.165) is 25.7 Å². The van der Waals surface area contributed by atoms with E-state index in [-0.39, 0.29) is 24.4 Å². The Labute approximate surface area is 124 Å². The first-order valence-electron chi connectivity index (χ1n) is 7.55. The monoisotopic (exact) mass is 299 g/mol. The molecule has 1 atom stereocenters. The maximum atomic E-state index is 11.6. The fourth-order valence-electron chi connectivity index (χ4n) is 2.31. The highest BCUT2D eigenvalue weighted by atomic mass is 16.4. The molecule has 0 heterocycles. The average molecular weight is 299 g/mol. The van der Waals surface area contributed by atoms with Crippen molar-refractivity contribution in [3.8, 4) is 0 Å². The van der Waals surface area contributed by atoms with E-state index in [9.17, 15) is 14.4 Å². The smallest absolute Gasteiger partial charge is 0.325 e. The number of hydrogen-bond acceptors (Lipinski definition) is 3. The van der Waals surface area contributed by atoms with E-state index < -0.39 is 12.0 Å². The fourth-order valence-corrected chi connectivity index (χ4v) is 2.31. The van der Waals surface area contributed by atoms with E-state index in [4.69, 9.17) is 5.11 Å². The van der Waals surface area contributed by atoms with Crippen LogP contribution in [-0.2, 0) is 9.59 Å². The highest BCUT2D eigenvalue weighted by Gasteiger charge is 2.16. The highest BCUT2D eigenvalue weighted by Crippen LogP contribution is 2.17. The van der Waals surface area contributed by atoms with Crippen molar-refractivity contribution in [1.29, 1.82) is 0 Å². The second kappa shape index (κ2) is 9.20. The van der Waals surface area contributed by atoms with Gasteiger partial charge in [-0.1, -0.05) is 19.3 Å². The third-order valence-corrected chi connectivity index (χ3v) is 3.55. The van der Waals surface area contributed by atoms with Crippen LogP contribution in [-0.4, -0.2) is 41.6 Å². The second-order valence-corrected chi connectivity index (χ2v) is 5.47. The summed E-state index contributed by atoms with van der Waals surface area (Å²) in [6, 6.07) is -0.820. The van der Waals surface area contributed by atoms with Crippen LogP contribution in [0.3, 0.4) is 0 Å². The molecular formula is C14H25N3O4. The first kappa shape index (κ1) is 17.3. The van der Waals surface area contributed by atoms with Gasteiger partial charge in [0, 0.05) is 19.0 Å². The van der Waals surface area contributed by atoms with Crippen molar-refractivity contribution >= 4 is 17.9 Å². The summed E-state index contributed by atoms with van der Waals surface area (Å²) < 4.78 is 0. The number of aliphatic carboxylic acids is 1. The number of carbonyl (C=O) groups is 3. The molecule has 4 N–H and O–H groups in total. The minimum absolute atomic E-state index is 0.193. The lowest BCUT2D eigenvalue weighted by molar-refractivity contribution is -0.141. The summed E-state index contributed by atoms with van der Waals surface area (Å²) in [6.45, 7) is 1.81. The maximum Gasteiger partial charge on any atom is 0.325 e. The number of nitrogens with one attached hydrogen (secondary N) is 3. The van der Waals surface area contributed by atoms with E-state index in [1.54, 1.807) is 0 Å². The SMILES string of the molecule is C[C@@H](NC(=O)CCCNC(=O)NC1CCCCC1)C(=O)O. The summed E-state index contributed by atoms with van der Waals surface area (Å²) >= 11 is 0. The molecule has 7 nitrogen and oxygen atoms in total. The quantitative estimate of drug-likeness (QED) is 0.526. The molecule has 1 saturated carbocycles. The Kier molecular flexibility index (Phi) is 7.56. The first-order valence-corrected chi connectivity index (χ1v) is 7.55. The van der Waals surface area contributed by atoms with E-state index >= 15 is 0 Å². The van der Waals surface area contributed by atoms with Crippen LogP contribution in [0.1, 0.15) is 51.9 Å². The number of carboxylic acids is 1. The van der Waals surface area contributed by atoms with Gasteiger partial charge in [-0.25, -0.2) is 4.79 Å². The normalized spacial score (nSPS) is 16.8. The number of carbonyl (C=O) groups excluding carboxylic acids is 2. The van der Waals surface area contributed by atoms with Crippen molar-refractivity contribution in [1.82, 2.24) is 16.0 Å². The molecule has 3 amide bonds. The number of carboxylic acid groups (broad SMARTS) is 1. The Hall–Kier alpha value is -1.79. The molecule has 0 aromatic carbocycles. The van der Waals surface area contributed by atoms with Crippen LogP contribution in [0.25, 0.3) is 0 Å². The number of urea groups is 1. The van der Waals surface area contributed by atoms with Gasteiger partial charge in [0.05, 0.1) is 0 Å². The topological polar surface area (TPSA) is 108 Å². The summed E-state index contributed by atoms with van der Waals surface area (Å²) in [5, 5.41) is 16.7. The molecule has 0 saturated heterocycles. The zero-order valence-corrected chi connectivity index (χ0v) is 12.5. The largest absolute Gasteiger partial charge is 0.480 e. The van der Waals surface area contributed by atoms with Crippen molar-refractivity contribution in [3.63, 3.8) is 0 Å². The van der Waals surface area contributed by atoms with Crippen LogP contribution in [0.5, 0.6) is 0 Å². The molecule has 0 spiro atoms. The summed E-state index contributed by atoms with van der Waals surface area (Å²) in [6.07, 6.45) is 6.30. The Balaban J connectivity index is 2.06. The van der Waals surface area contributed by atoms with Gasteiger partial charge in [0.2, 0.25) is 5.91 Å². The van der Waals surface area contributed by atoms with Gasteiger partial charge in [0.25, 0.3) is 0 Å². The lowest BCUT2D eigenvalue weighted by atomic mass is 9.96. The predicted octanol–water partition coefficient (Wildman–Crippen LogP) is 0.988. The molecular weight excluding hydrogens is 274 g/mol. The molecule has 0 aliphatic heterocycles. The minimum Gasteiger partial charge on any atom is -0.480 e. The van der Waals surface area contributed by atoms with Crippen molar-refractivity contribution < 1.29 is 19.5 Å². The molecule has 0 unspecified atom stereocenters. The molecule has 0 aromatic rings. The molecule has 1 rings (SSSR count). The Morgan fingerprint density at radius 2 is 1.86 bits per heavy atom. The van der Waals surface area contributed by atoms with Crippen molar-refractivity contribution in [2.24, 2.45) is 0 Å². The van der Waals surface area contributed by atoms with Gasteiger partial charge >= 0.3 is 12.0 Å². The second-order valence-electron chi connectivity index (χ2n) is 5.47. The Morgan fingerprint density at radius 3 is 2.48 bits per heavy atom. The van der Waals surface area contributed by atoms with Crippen LogP contribution in [0.4, 0.5) is 4.79 Å². The lowest BCUT2D eigenvalue weighted by Crippen LogP contribution is -2.43. The molecule has 0 radical (unpaired) electrons. The van der Waals surface area contributed by atoms with E-state index in [1.807, 2.05) is 0 Å². The zero-order valence-electron chi connectivity index (χ0n) is 12.5. The van der Waals surface area contributed by atoms with Crippen LogP contribution < -0.4 is 16.0 Å². The Morgan fingerprint density at radius 1 is 1.19 bits per heavy atom. The molecule has 1 aliphatic carbocycles. The van der Waals surface area contributed by atoms with Gasteiger partial charge in [-0.2, -0.15) is 0 Å². The molecule has 1 aliphatic rings. The lowest BCUT2D eigenvalue weighted by Gasteiger charge is -2.22. The van der Waals surface area contributed by atoms with Gasteiger partial charge in [-0.3, -0.25) is 9.59 Å². The standard InChI is InChI=1S/C14H25N3O4/c1-10(13(19)20)16-12(18)8-5-9-15-14(21)17-11-6-3-2-4-7-11/h10-11H,2-9H2,1H3,(H,16,18)(H,19,20)(H2,15,17,21)/t10-/m1/s1. The van der Waals surface area contributed by atoms with Gasteiger partial charge in [-0.05, 0) is 26.2 Å². The average Bonchev–Trinajstić information content (AvgIpc) is 2.44. The summed E-state index contributed by atoms with van der Waals surface area (Å²) in [5.41, 5.74) is 0. The van der Waals surface area contributed by atoms with Crippen molar-refractivity contribution in [2.45, 2.75) is 64.0 Å². The van der Waals surface area contributed by atoms with Gasteiger partial charge < -0.3 is 21.1 Å². The van der Waals surface area contributed by atoms with Gasteiger partial charge in [0.15, 0.2) is 0 Å². The molecule has 0 bridgehead atoms. The number of hydrogen-bond donors (Lipinski definition) is 4. The fraction of sp³-hybridized carbons (Fsp3) is 0.786. The van der Waals surface area contributed by atoms with E-state index in [1.165, 1.54) is 13.3 Å². The minimum atomic E-state index is -1.06. The number of amides is 3. The summed E-state index contributed by atoms with van der Waals surface area (Å²) in [5.74, 6) is -1.38. The third-order valence-electron chi connectivity index (χ3n) is 3.55. The van der Waals surface area contributed by atoms with Crippen molar-refractivity contribution in [3.05, 3.63) is 0 Å². The van der Waals surface area contributed by atoms with E-state index in [2.05, 4.69) is 16.0 Å². The highest BCUT2D eigenvalue weighted by molar-refractivity contribution is 5.83. The van der Waals surface area contributed by atoms with Gasteiger partial charge in [0.1, 0.15) is 6.04 Å². The molecule has 120 valence electrons. The van der Waals surface area contributed by atoms with Crippen LogP contribution in [0, 0.1) is 0 Å². The molecule has 1 fully saturated rings. The van der Waals surface area contributed by atoms with E-state index in [0.29, 0.717) is 13.0 Å². The molecule has 21 heavy (non-hydrogen) atoms. The van der Waals surface area contributed by atoms with Crippen molar-refractivity contribution in [2.75, 3.05) is 6.54 Å². The third kappa shape index (κ3) is 7.53. The van der Waals surface area contributed by atoms with Gasteiger partial charge in [-0.15, -0.1) is 0 Å². The van der Waals surface area contributed by atoms with Crippen LogP contribution in [0.15, 0.2) is 0 Å². The summed E-state index contributed by atoms with van der Waals surface area (Å²) in [7, 11) is 0. The summed E-state index contributed by atoms with van der Waals surface area (Å²) in [4.78, 5) is 33.6. The van der Waals surface area contributed by atoms with Crippen LogP contribution >= 0.6 is 0 Å². The Bertz CT molecular complexity index is 367. The number of rotatable bonds is 7. The zero-order chi connectivity index (χ0) is 15.7. The maximum absolute atomic E-state index is 11.6. The van der Waals surface area contributed by atoms with Crippen LogP contribution in [0.2, 0.25) is 0 Å². The predicted molar refractivity (Wildman–Crippen MR) is 77.9 cm³/mol. The molecule has 0 aromatic heterocycles. The first-order chi connectivity index (χ1) is 9.99. The molecule has 7 heteroatoms.